The normalized spacial score (nSPS) is 34.7. The Bertz CT molecular complexity index is 275. The summed E-state index contributed by atoms with van der Waals surface area (Å²) in [6, 6.07) is -0.00726. The van der Waals surface area contributed by atoms with E-state index < -0.39 is 0 Å². The zero-order chi connectivity index (χ0) is 11.4. The van der Waals surface area contributed by atoms with E-state index in [9.17, 15) is 9.90 Å². The number of allylic oxidation sites excluding steroid dienone is 2. The lowest BCUT2D eigenvalue weighted by molar-refractivity contribution is -0.127. The number of hydrogen-bond donors (Lipinski definition) is 2. The molecule has 0 aliphatic heterocycles. The maximum Gasteiger partial charge on any atom is 0.223 e. The highest BCUT2D eigenvalue weighted by atomic mass is 16.3. The number of nitrogens with one attached hydrogen (secondary N) is 1. The molecule has 0 spiro atoms. The van der Waals surface area contributed by atoms with E-state index in [4.69, 9.17) is 0 Å². The van der Waals surface area contributed by atoms with E-state index in [-0.39, 0.29) is 24.0 Å². The third kappa shape index (κ3) is 2.85. The first-order valence-electron chi connectivity index (χ1n) is 6.41. The van der Waals surface area contributed by atoms with Gasteiger partial charge in [-0.1, -0.05) is 25.0 Å². The molecule has 2 rings (SSSR count). The maximum atomic E-state index is 12.0. The molecule has 3 nitrogen and oxygen atoms in total. The van der Waals surface area contributed by atoms with Gasteiger partial charge in [0.1, 0.15) is 0 Å². The summed E-state index contributed by atoms with van der Waals surface area (Å²) in [7, 11) is 0. The summed E-state index contributed by atoms with van der Waals surface area (Å²) in [5, 5.41) is 12.8. The molecular formula is C13H21NO2. The molecule has 0 aromatic rings. The number of hydrogen-bond acceptors (Lipinski definition) is 2. The van der Waals surface area contributed by atoms with Gasteiger partial charge in [-0.15, -0.1) is 0 Å². The second kappa shape index (κ2) is 5.48. The summed E-state index contributed by atoms with van der Waals surface area (Å²) in [5.41, 5.74) is 0. The van der Waals surface area contributed by atoms with Gasteiger partial charge in [0, 0.05) is 5.92 Å². The van der Waals surface area contributed by atoms with Crippen LogP contribution in [0.1, 0.15) is 44.9 Å². The maximum absolute atomic E-state index is 12.0. The monoisotopic (exact) mass is 223 g/mol. The zero-order valence-electron chi connectivity index (χ0n) is 9.69. The topological polar surface area (TPSA) is 49.3 Å². The molecule has 0 aromatic heterocycles. The quantitative estimate of drug-likeness (QED) is 0.701. The predicted molar refractivity (Wildman–Crippen MR) is 62.9 cm³/mol. The Morgan fingerprint density at radius 2 is 2.00 bits per heavy atom. The minimum absolute atomic E-state index is 0.00726. The Kier molecular flexibility index (Phi) is 3.99. The van der Waals surface area contributed by atoms with Crippen molar-refractivity contribution < 1.29 is 9.90 Å². The Hall–Kier alpha value is -0.830. The average molecular weight is 223 g/mol. The van der Waals surface area contributed by atoms with Crippen molar-refractivity contribution in [1.29, 1.82) is 0 Å². The SMILES string of the molecule is O=C(N[C@H]1CCCC[C@@H]1O)C1CC=CCC1. The molecule has 0 heterocycles. The molecule has 2 aliphatic rings. The van der Waals surface area contributed by atoms with Gasteiger partial charge < -0.3 is 10.4 Å². The average Bonchev–Trinajstić information content (AvgIpc) is 2.33. The van der Waals surface area contributed by atoms with Crippen LogP contribution in [0.4, 0.5) is 0 Å². The Morgan fingerprint density at radius 1 is 1.19 bits per heavy atom. The summed E-state index contributed by atoms with van der Waals surface area (Å²) in [6.45, 7) is 0. The molecule has 0 aromatic carbocycles. The van der Waals surface area contributed by atoms with Gasteiger partial charge in [-0.2, -0.15) is 0 Å². The molecule has 0 bridgehead atoms. The fourth-order valence-corrected chi connectivity index (χ4v) is 2.61. The van der Waals surface area contributed by atoms with Crippen LogP contribution in [-0.4, -0.2) is 23.2 Å². The molecule has 90 valence electrons. The van der Waals surface area contributed by atoms with Crippen LogP contribution in [0.25, 0.3) is 0 Å². The largest absolute Gasteiger partial charge is 0.391 e. The van der Waals surface area contributed by atoms with Crippen LogP contribution in [0.5, 0.6) is 0 Å². The molecule has 2 aliphatic carbocycles. The van der Waals surface area contributed by atoms with Crippen LogP contribution in [-0.2, 0) is 4.79 Å². The highest BCUT2D eigenvalue weighted by Crippen LogP contribution is 2.21. The van der Waals surface area contributed by atoms with Crippen LogP contribution < -0.4 is 5.32 Å². The van der Waals surface area contributed by atoms with Gasteiger partial charge in [-0.05, 0) is 32.1 Å². The van der Waals surface area contributed by atoms with Gasteiger partial charge in [0.15, 0.2) is 0 Å². The van der Waals surface area contributed by atoms with Crippen molar-refractivity contribution in [3.63, 3.8) is 0 Å². The highest BCUT2D eigenvalue weighted by Gasteiger charge is 2.27. The minimum Gasteiger partial charge on any atom is -0.391 e. The van der Waals surface area contributed by atoms with Crippen LogP contribution in [0.15, 0.2) is 12.2 Å². The van der Waals surface area contributed by atoms with Crippen LogP contribution >= 0.6 is 0 Å². The van der Waals surface area contributed by atoms with Crippen molar-refractivity contribution in [1.82, 2.24) is 5.32 Å². The minimum atomic E-state index is -0.336. The van der Waals surface area contributed by atoms with Crippen molar-refractivity contribution >= 4 is 5.91 Å². The number of aliphatic hydroxyl groups excluding tert-OH is 1. The summed E-state index contributed by atoms with van der Waals surface area (Å²) < 4.78 is 0. The lowest BCUT2D eigenvalue weighted by Crippen LogP contribution is -2.47. The number of rotatable bonds is 2. The summed E-state index contributed by atoms with van der Waals surface area (Å²) in [6.07, 6.45) is 10.7. The standard InChI is InChI=1S/C13H21NO2/c15-12-9-5-4-8-11(12)14-13(16)10-6-2-1-3-7-10/h1-2,10-12,15H,3-9H2,(H,14,16)/t10?,11-,12-/m0/s1. The smallest absolute Gasteiger partial charge is 0.223 e. The second-order valence-corrected chi connectivity index (χ2v) is 4.95. The Balaban J connectivity index is 1.83. The van der Waals surface area contributed by atoms with E-state index >= 15 is 0 Å². The molecule has 1 unspecified atom stereocenters. The predicted octanol–water partition coefficient (Wildman–Crippen LogP) is 1.76. The fourth-order valence-electron chi connectivity index (χ4n) is 2.61. The van der Waals surface area contributed by atoms with Gasteiger partial charge >= 0.3 is 0 Å². The third-order valence-corrected chi connectivity index (χ3v) is 3.70. The number of amides is 1. The number of aliphatic hydroxyl groups is 1. The van der Waals surface area contributed by atoms with Crippen LogP contribution in [0.3, 0.4) is 0 Å². The number of carbonyl (C=O) groups excluding carboxylic acids is 1. The summed E-state index contributed by atoms with van der Waals surface area (Å²) in [4.78, 5) is 12.0. The van der Waals surface area contributed by atoms with Gasteiger partial charge in [0.05, 0.1) is 12.1 Å². The van der Waals surface area contributed by atoms with E-state index in [0.717, 1.165) is 44.9 Å². The van der Waals surface area contributed by atoms with E-state index in [1.807, 2.05) is 0 Å². The molecule has 0 saturated heterocycles. The first-order valence-corrected chi connectivity index (χ1v) is 6.41. The van der Waals surface area contributed by atoms with Gasteiger partial charge in [-0.25, -0.2) is 0 Å². The molecular weight excluding hydrogens is 202 g/mol. The van der Waals surface area contributed by atoms with E-state index in [1.165, 1.54) is 0 Å². The van der Waals surface area contributed by atoms with Crippen molar-refractivity contribution in [2.75, 3.05) is 0 Å². The molecule has 3 heteroatoms. The first-order chi connectivity index (χ1) is 7.77. The third-order valence-electron chi connectivity index (χ3n) is 3.70. The van der Waals surface area contributed by atoms with E-state index in [0.29, 0.717) is 0 Å². The van der Waals surface area contributed by atoms with Gasteiger partial charge in [-0.3, -0.25) is 4.79 Å². The molecule has 2 N–H and O–H groups in total. The molecule has 1 saturated carbocycles. The van der Waals surface area contributed by atoms with Crippen molar-refractivity contribution in [3.05, 3.63) is 12.2 Å². The fraction of sp³-hybridized carbons (Fsp3) is 0.769. The molecule has 1 amide bonds. The molecule has 3 atom stereocenters. The molecule has 0 radical (unpaired) electrons. The van der Waals surface area contributed by atoms with Crippen molar-refractivity contribution in [3.8, 4) is 0 Å². The molecule has 16 heavy (non-hydrogen) atoms. The number of carbonyl (C=O) groups is 1. The zero-order valence-corrected chi connectivity index (χ0v) is 9.69. The van der Waals surface area contributed by atoms with Crippen molar-refractivity contribution in [2.24, 2.45) is 5.92 Å². The Morgan fingerprint density at radius 3 is 2.69 bits per heavy atom. The second-order valence-electron chi connectivity index (χ2n) is 4.95. The van der Waals surface area contributed by atoms with Gasteiger partial charge in [0.2, 0.25) is 5.91 Å². The summed E-state index contributed by atoms with van der Waals surface area (Å²) >= 11 is 0. The van der Waals surface area contributed by atoms with Gasteiger partial charge in [0.25, 0.3) is 0 Å². The van der Waals surface area contributed by atoms with E-state index in [1.54, 1.807) is 0 Å². The summed E-state index contributed by atoms with van der Waals surface area (Å²) in [5.74, 6) is 0.259. The highest BCUT2D eigenvalue weighted by molar-refractivity contribution is 5.79. The van der Waals surface area contributed by atoms with Crippen LogP contribution in [0.2, 0.25) is 0 Å². The van der Waals surface area contributed by atoms with Crippen molar-refractivity contribution in [2.45, 2.75) is 57.1 Å². The Labute approximate surface area is 96.9 Å². The van der Waals surface area contributed by atoms with Crippen LogP contribution in [0, 0.1) is 5.92 Å². The first kappa shape index (κ1) is 11.6. The van der Waals surface area contributed by atoms with E-state index in [2.05, 4.69) is 17.5 Å². The lowest BCUT2D eigenvalue weighted by atomic mass is 9.90. The lowest BCUT2D eigenvalue weighted by Gasteiger charge is -2.30. The molecule has 1 fully saturated rings.